The zero-order valence-electron chi connectivity index (χ0n) is 11.0. The molecule has 0 bridgehead atoms. The van der Waals surface area contributed by atoms with E-state index in [-0.39, 0.29) is 10.8 Å². The van der Waals surface area contributed by atoms with Gasteiger partial charge in [-0.05, 0) is 29.8 Å². The summed E-state index contributed by atoms with van der Waals surface area (Å²) in [6.45, 7) is 0. The van der Waals surface area contributed by atoms with Crippen LogP contribution in [0.25, 0.3) is 0 Å². The SMILES string of the molecule is O=C[C@H]1[C@H](c2cccc(Cl)c2)[C@@H]1S(=O)(=O)c1ccccc1. The third-order valence-electron chi connectivity index (χ3n) is 3.83. The fourth-order valence-electron chi connectivity index (χ4n) is 2.76. The number of sulfone groups is 1. The van der Waals surface area contributed by atoms with E-state index in [0.29, 0.717) is 5.02 Å². The number of carbonyl (C=O) groups excluding carboxylic acids is 1. The molecule has 2 aromatic rings. The van der Waals surface area contributed by atoms with Gasteiger partial charge in [0.05, 0.1) is 10.1 Å². The highest BCUT2D eigenvalue weighted by molar-refractivity contribution is 7.92. The molecular formula is C16H13ClO3S. The quantitative estimate of drug-likeness (QED) is 0.813. The van der Waals surface area contributed by atoms with E-state index in [1.807, 2.05) is 6.07 Å². The summed E-state index contributed by atoms with van der Waals surface area (Å²) in [7, 11) is -3.51. The first-order valence-corrected chi connectivity index (χ1v) is 8.48. The van der Waals surface area contributed by atoms with Crippen molar-refractivity contribution in [1.82, 2.24) is 0 Å². The summed E-state index contributed by atoms with van der Waals surface area (Å²) in [5.41, 5.74) is 0.795. The Morgan fingerprint density at radius 2 is 1.71 bits per heavy atom. The van der Waals surface area contributed by atoms with Crippen molar-refractivity contribution < 1.29 is 13.2 Å². The standard InChI is InChI=1S/C16H13ClO3S/c17-12-6-4-5-11(9-12)15-14(10-18)16(15)21(19,20)13-7-2-1-3-8-13/h1-10,14-16H/t14-,15-,16+/m0/s1. The Bertz CT molecular complexity index is 771. The molecule has 21 heavy (non-hydrogen) atoms. The summed E-state index contributed by atoms with van der Waals surface area (Å²) in [5, 5.41) is -0.157. The molecule has 108 valence electrons. The van der Waals surface area contributed by atoms with Gasteiger partial charge in [-0.15, -0.1) is 0 Å². The highest BCUT2D eigenvalue weighted by atomic mass is 35.5. The lowest BCUT2D eigenvalue weighted by Crippen LogP contribution is -2.10. The van der Waals surface area contributed by atoms with Gasteiger partial charge in [0.2, 0.25) is 0 Å². The van der Waals surface area contributed by atoms with Crippen molar-refractivity contribution in [2.45, 2.75) is 16.1 Å². The molecule has 0 spiro atoms. The van der Waals surface area contributed by atoms with Crippen LogP contribution in [0.1, 0.15) is 11.5 Å². The molecule has 0 saturated heterocycles. The molecule has 1 aliphatic rings. The number of hydrogen-bond acceptors (Lipinski definition) is 3. The van der Waals surface area contributed by atoms with Gasteiger partial charge in [0.25, 0.3) is 0 Å². The molecule has 0 N–H and O–H groups in total. The van der Waals surface area contributed by atoms with Gasteiger partial charge in [-0.1, -0.05) is 41.9 Å². The number of carbonyl (C=O) groups is 1. The Balaban J connectivity index is 1.98. The molecule has 0 radical (unpaired) electrons. The van der Waals surface area contributed by atoms with Gasteiger partial charge in [-0.2, -0.15) is 0 Å². The molecule has 3 rings (SSSR count). The summed E-state index contributed by atoms with van der Waals surface area (Å²) < 4.78 is 25.3. The smallest absolute Gasteiger partial charge is 0.182 e. The number of aldehydes is 1. The van der Waals surface area contributed by atoms with Crippen LogP contribution in [0.3, 0.4) is 0 Å². The van der Waals surface area contributed by atoms with E-state index in [2.05, 4.69) is 0 Å². The predicted molar refractivity (Wildman–Crippen MR) is 81.2 cm³/mol. The first kappa shape index (κ1) is 14.3. The Kier molecular flexibility index (Phi) is 3.59. The molecule has 1 saturated carbocycles. The van der Waals surface area contributed by atoms with Crippen LogP contribution < -0.4 is 0 Å². The Morgan fingerprint density at radius 3 is 2.33 bits per heavy atom. The normalized spacial score (nSPS) is 24.5. The number of hydrogen-bond donors (Lipinski definition) is 0. The van der Waals surface area contributed by atoms with Crippen LogP contribution in [0.4, 0.5) is 0 Å². The monoisotopic (exact) mass is 320 g/mol. The molecule has 0 aromatic heterocycles. The van der Waals surface area contributed by atoms with Gasteiger partial charge in [-0.3, -0.25) is 0 Å². The lowest BCUT2D eigenvalue weighted by atomic mass is 10.1. The second-order valence-electron chi connectivity index (χ2n) is 5.12. The van der Waals surface area contributed by atoms with E-state index in [0.717, 1.165) is 11.8 Å². The Hall–Kier alpha value is -1.65. The zero-order chi connectivity index (χ0) is 15.0. The van der Waals surface area contributed by atoms with Crippen molar-refractivity contribution in [3.63, 3.8) is 0 Å². The van der Waals surface area contributed by atoms with Gasteiger partial charge >= 0.3 is 0 Å². The van der Waals surface area contributed by atoms with Crippen molar-refractivity contribution in [3.05, 3.63) is 65.2 Å². The van der Waals surface area contributed by atoms with E-state index in [1.54, 1.807) is 48.5 Å². The van der Waals surface area contributed by atoms with Crippen LogP contribution in [0, 0.1) is 5.92 Å². The first-order valence-electron chi connectivity index (χ1n) is 6.55. The van der Waals surface area contributed by atoms with E-state index in [1.165, 1.54) is 0 Å². The zero-order valence-corrected chi connectivity index (χ0v) is 12.6. The Labute approximate surface area is 128 Å². The second-order valence-corrected chi connectivity index (χ2v) is 7.66. The van der Waals surface area contributed by atoms with Crippen molar-refractivity contribution in [1.29, 1.82) is 0 Å². The van der Waals surface area contributed by atoms with Crippen LogP contribution in [0.15, 0.2) is 59.5 Å². The third kappa shape index (κ3) is 2.49. The van der Waals surface area contributed by atoms with Crippen LogP contribution in [0.5, 0.6) is 0 Å². The largest absolute Gasteiger partial charge is 0.303 e. The van der Waals surface area contributed by atoms with E-state index >= 15 is 0 Å². The molecular weight excluding hydrogens is 308 g/mol. The summed E-state index contributed by atoms with van der Waals surface area (Å²) >= 11 is 5.95. The molecule has 5 heteroatoms. The minimum atomic E-state index is -3.51. The summed E-state index contributed by atoms with van der Waals surface area (Å²) in [5.74, 6) is -0.819. The van der Waals surface area contributed by atoms with E-state index in [9.17, 15) is 13.2 Å². The van der Waals surface area contributed by atoms with Crippen LogP contribution in [-0.4, -0.2) is 20.0 Å². The maximum Gasteiger partial charge on any atom is 0.182 e. The molecule has 0 unspecified atom stereocenters. The molecule has 2 aromatic carbocycles. The number of halogens is 1. The minimum absolute atomic E-state index is 0.256. The van der Waals surface area contributed by atoms with Gasteiger partial charge in [-0.25, -0.2) is 8.42 Å². The maximum absolute atomic E-state index is 12.6. The van der Waals surface area contributed by atoms with Crippen molar-refractivity contribution in [2.24, 2.45) is 5.92 Å². The van der Waals surface area contributed by atoms with E-state index < -0.39 is 21.0 Å². The number of benzene rings is 2. The van der Waals surface area contributed by atoms with E-state index in [4.69, 9.17) is 11.6 Å². The van der Waals surface area contributed by atoms with Gasteiger partial charge in [0, 0.05) is 16.9 Å². The van der Waals surface area contributed by atoms with Gasteiger partial charge < -0.3 is 4.79 Å². The average Bonchev–Trinajstić information content (AvgIpc) is 3.23. The minimum Gasteiger partial charge on any atom is -0.303 e. The number of rotatable bonds is 4. The third-order valence-corrected chi connectivity index (χ3v) is 6.32. The lowest BCUT2D eigenvalue weighted by molar-refractivity contribution is -0.108. The molecule has 1 fully saturated rings. The van der Waals surface area contributed by atoms with Crippen molar-refractivity contribution >= 4 is 27.7 Å². The molecule has 0 amide bonds. The summed E-state index contributed by atoms with van der Waals surface area (Å²) in [4.78, 5) is 11.5. The summed E-state index contributed by atoms with van der Waals surface area (Å²) in [6, 6.07) is 15.3. The van der Waals surface area contributed by atoms with Crippen LogP contribution >= 0.6 is 11.6 Å². The molecule has 3 atom stereocenters. The highest BCUT2D eigenvalue weighted by Gasteiger charge is 2.59. The van der Waals surface area contributed by atoms with Crippen molar-refractivity contribution in [2.75, 3.05) is 0 Å². The fourth-order valence-corrected chi connectivity index (χ4v) is 5.09. The molecule has 3 nitrogen and oxygen atoms in total. The maximum atomic E-state index is 12.6. The van der Waals surface area contributed by atoms with Crippen LogP contribution in [0.2, 0.25) is 5.02 Å². The fraction of sp³-hybridized carbons (Fsp3) is 0.188. The summed E-state index contributed by atoms with van der Waals surface area (Å²) in [6.07, 6.45) is 0.733. The Morgan fingerprint density at radius 1 is 1.00 bits per heavy atom. The molecule has 0 heterocycles. The topological polar surface area (TPSA) is 51.2 Å². The van der Waals surface area contributed by atoms with Gasteiger partial charge in [0.15, 0.2) is 9.84 Å². The predicted octanol–water partition coefficient (Wildman–Crippen LogP) is 3.09. The van der Waals surface area contributed by atoms with Crippen LogP contribution in [-0.2, 0) is 14.6 Å². The molecule has 0 aliphatic heterocycles. The van der Waals surface area contributed by atoms with Crippen molar-refractivity contribution in [3.8, 4) is 0 Å². The van der Waals surface area contributed by atoms with Gasteiger partial charge in [0.1, 0.15) is 6.29 Å². The lowest BCUT2D eigenvalue weighted by Gasteiger charge is -2.04. The first-order chi connectivity index (χ1) is 10.1. The highest BCUT2D eigenvalue weighted by Crippen LogP contribution is 2.53. The second kappa shape index (κ2) is 5.28. The molecule has 1 aliphatic carbocycles. The average molecular weight is 321 g/mol.